The van der Waals surface area contributed by atoms with Gasteiger partial charge in [-0.1, -0.05) is 24.3 Å². The van der Waals surface area contributed by atoms with E-state index in [2.05, 4.69) is 10.0 Å². The van der Waals surface area contributed by atoms with E-state index in [4.69, 9.17) is 0 Å². The van der Waals surface area contributed by atoms with E-state index >= 15 is 0 Å². The molecule has 1 atom stereocenters. The Labute approximate surface area is 153 Å². The molecule has 6 nitrogen and oxygen atoms in total. The molecule has 0 aliphatic heterocycles. The molecule has 0 aromatic heterocycles. The maximum atomic E-state index is 13.5. The summed E-state index contributed by atoms with van der Waals surface area (Å²) in [6.45, 7) is 0.239. The Kier molecular flexibility index (Phi) is 6.33. The van der Waals surface area contributed by atoms with Gasteiger partial charge in [-0.2, -0.15) is 0 Å². The second-order valence-electron chi connectivity index (χ2n) is 6.16. The van der Waals surface area contributed by atoms with Gasteiger partial charge in [0, 0.05) is 6.54 Å². The Bertz CT molecular complexity index is 885. The summed E-state index contributed by atoms with van der Waals surface area (Å²) in [5.41, 5.74) is 1.16. The fraction of sp³-hybridized carbons (Fsp3) is 0.278. The number of anilines is 1. The zero-order valence-corrected chi connectivity index (χ0v) is 15.7. The lowest BCUT2D eigenvalue weighted by Crippen LogP contribution is -2.35. The highest BCUT2D eigenvalue weighted by molar-refractivity contribution is 7.92. The van der Waals surface area contributed by atoms with Gasteiger partial charge in [0.2, 0.25) is 10.0 Å². The molecule has 0 bridgehead atoms. The van der Waals surface area contributed by atoms with Crippen molar-refractivity contribution < 1.29 is 17.6 Å². The van der Waals surface area contributed by atoms with E-state index in [9.17, 15) is 17.6 Å². The molecule has 0 spiro atoms. The number of rotatable bonds is 7. The molecule has 8 heteroatoms. The minimum atomic E-state index is -3.51. The molecule has 2 rings (SSSR count). The van der Waals surface area contributed by atoms with E-state index < -0.39 is 15.9 Å². The Morgan fingerprint density at radius 2 is 1.85 bits per heavy atom. The molecule has 2 aromatic rings. The molecule has 0 saturated carbocycles. The molecular formula is C18H22FN3O3S. The van der Waals surface area contributed by atoms with Crippen LogP contribution in [0.2, 0.25) is 0 Å². The van der Waals surface area contributed by atoms with Crippen LogP contribution in [0.15, 0.2) is 48.5 Å². The summed E-state index contributed by atoms with van der Waals surface area (Å²) in [6.07, 6.45) is 1.02. The first-order valence-electron chi connectivity index (χ1n) is 7.94. The summed E-state index contributed by atoms with van der Waals surface area (Å²) in [5, 5.41) is 2.79. The van der Waals surface area contributed by atoms with E-state index in [0.717, 1.165) is 11.8 Å². The van der Waals surface area contributed by atoms with Crippen molar-refractivity contribution in [1.82, 2.24) is 10.2 Å². The second-order valence-corrected chi connectivity index (χ2v) is 7.91. The minimum Gasteiger partial charge on any atom is -0.350 e. The number of amides is 1. The SMILES string of the molecule is CN(C)C(CNC(=O)c1ccccc1NS(C)(=O)=O)c1cccc(F)c1. The molecule has 0 fully saturated rings. The summed E-state index contributed by atoms with van der Waals surface area (Å²) in [6, 6.07) is 12.3. The molecule has 0 heterocycles. The normalized spacial score (nSPS) is 12.7. The Morgan fingerprint density at radius 3 is 2.46 bits per heavy atom. The number of likely N-dealkylation sites (N-methyl/N-ethyl adjacent to an activating group) is 1. The third kappa shape index (κ3) is 5.53. The van der Waals surface area contributed by atoms with Crippen LogP contribution in [0.1, 0.15) is 22.0 Å². The largest absolute Gasteiger partial charge is 0.350 e. The fourth-order valence-electron chi connectivity index (χ4n) is 2.57. The topological polar surface area (TPSA) is 78.5 Å². The van der Waals surface area contributed by atoms with Gasteiger partial charge < -0.3 is 10.2 Å². The highest BCUT2D eigenvalue weighted by Crippen LogP contribution is 2.20. The summed E-state index contributed by atoms with van der Waals surface area (Å²) < 4.78 is 38.8. The molecular weight excluding hydrogens is 357 g/mol. The van der Waals surface area contributed by atoms with Crippen molar-refractivity contribution in [2.75, 3.05) is 31.6 Å². The highest BCUT2D eigenvalue weighted by atomic mass is 32.2. The lowest BCUT2D eigenvalue weighted by molar-refractivity contribution is 0.0943. The van der Waals surface area contributed by atoms with Crippen LogP contribution in [0.25, 0.3) is 0 Å². The van der Waals surface area contributed by atoms with Crippen molar-refractivity contribution in [3.63, 3.8) is 0 Å². The first kappa shape index (κ1) is 19.9. The van der Waals surface area contributed by atoms with E-state index in [1.165, 1.54) is 24.3 Å². The first-order valence-corrected chi connectivity index (χ1v) is 9.83. The standard InChI is InChI=1S/C18H22FN3O3S/c1-22(2)17(13-7-6-8-14(19)11-13)12-20-18(23)15-9-4-5-10-16(15)21-26(3,24)25/h4-11,17,21H,12H2,1-3H3,(H,20,23). The van der Waals surface area contributed by atoms with Crippen LogP contribution in [0.4, 0.5) is 10.1 Å². The van der Waals surface area contributed by atoms with Gasteiger partial charge in [-0.15, -0.1) is 0 Å². The fourth-order valence-corrected chi connectivity index (χ4v) is 3.14. The molecule has 26 heavy (non-hydrogen) atoms. The molecule has 140 valence electrons. The average Bonchev–Trinajstić information content (AvgIpc) is 2.53. The monoisotopic (exact) mass is 379 g/mol. The number of hydrogen-bond donors (Lipinski definition) is 2. The maximum Gasteiger partial charge on any atom is 0.253 e. The van der Waals surface area contributed by atoms with Crippen LogP contribution in [-0.4, -0.2) is 46.1 Å². The van der Waals surface area contributed by atoms with Gasteiger partial charge in [0.05, 0.1) is 23.5 Å². The number of carbonyl (C=O) groups excluding carboxylic acids is 1. The van der Waals surface area contributed by atoms with E-state index in [0.29, 0.717) is 0 Å². The molecule has 1 amide bonds. The van der Waals surface area contributed by atoms with Gasteiger partial charge in [0.15, 0.2) is 0 Å². The van der Waals surface area contributed by atoms with Crippen LogP contribution in [0.5, 0.6) is 0 Å². The summed E-state index contributed by atoms with van der Waals surface area (Å²) in [7, 11) is 0.163. The molecule has 0 radical (unpaired) electrons. The van der Waals surface area contributed by atoms with Crippen molar-refractivity contribution in [3.05, 3.63) is 65.5 Å². The predicted octanol–water partition coefficient (Wildman–Crippen LogP) is 2.23. The smallest absolute Gasteiger partial charge is 0.253 e. The number of benzene rings is 2. The Hall–Kier alpha value is -2.45. The van der Waals surface area contributed by atoms with Crippen LogP contribution < -0.4 is 10.0 Å². The lowest BCUT2D eigenvalue weighted by Gasteiger charge is -2.25. The van der Waals surface area contributed by atoms with Gasteiger partial charge in [0.1, 0.15) is 5.82 Å². The van der Waals surface area contributed by atoms with Gasteiger partial charge in [-0.25, -0.2) is 12.8 Å². The number of hydrogen-bond acceptors (Lipinski definition) is 4. The first-order chi connectivity index (χ1) is 12.2. The number of sulfonamides is 1. The third-order valence-electron chi connectivity index (χ3n) is 3.78. The number of nitrogens with zero attached hydrogens (tertiary/aromatic N) is 1. The summed E-state index contributed by atoms with van der Waals surface area (Å²) >= 11 is 0. The van der Waals surface area contributed by atoms with Crippen molar-refractivity contribution in [1.29, 1.82) is 0 Å². The maximum absolute atomic E-state index is 13.5. The van der Waals surface area contributed by atoms with Gasteiger partial charge in [0.25, 0.3) is 5.91 Å². The highest BCUT2D eigenvalue weighted by Gasteiger charge is 2.18. The van der Waals surface area contributed by atoms with Gasteiger partial charge in [-0.3, -0.25) is 9.52 Å². The molecule has 2 N–H and O–H groups in total. The van der Waals surface area contributed by atoms with Crippen molar-refractivity contribution in [2.45, 2.75) is 6.04 Å². The summed E-state index contributed by atoms with van der Waals surface area (Å²) in [4.78, 5) is 14.4. The second kappa shape index (κ2) is 8.29. The predicted molar refractivity (Wildman–Crippen MR) is 100 cm³/mol. The molecule has 2 aromatic carbocycles. The Balaban J connectivity index is 2.17. The number of nitrogens with one attached hydrogen (secondary N) is 2. The van der Waals surface area contributed by atoms with Gasteiger partial charge in [-0.05, 0) is 43.9 Å². The molecule has 0 aliphatic carbocycles. The van der Waals surface area contributed by atoms with Crippen LogP contribution in [-0.2, 0) is 10.0 Å². The quantitative estimate of drug-likeness (QED) is 0.773. The number of para-hydroxylation sites is 1. The van der Waals surface area contributed by atoms with E-state index in [1.807, 2.05) is 19.0 Å². The van der Waals surface area contributed by atoms with Crippen molar-refractivity contribution >= 4 is 21.6 Å². The molecule has 0 saturated heterocycles. The van der Waals surface area contributed by atoms with Crippen LogP contribution in [0, 0.1) is 5.82 Å². The number of carbonyl (C=O) groups is 1. The Morgan fingerprint density at radius 1 is 1.15 bits per heavy atom. The third-order valence-corrected chi connectivity index (χ3v) is 4.37. The number of halogens is 1. The lowest BCUT2D eigenvalue weighted by atomic mass is 10.1. The van der Waals surface area contributed by atoms with Crippen LogP contribution >= 0.6 is 0 Å². The van der Waals surface area contributed by atoms with Crippen molar-refractivity contribution in [2.24, 2.45) is 0 Å². The van der Waals surface area contributed by atoms with Gasteiger partial charge >= 0.3 is 0 Å². The van der Waals surface area contributed by atoms with Crippen molar-refractivity contribution in [3.8, 4) is 0 Å². The zero-order chi connectivity index (χ0) is 19.3. The van der Waals surface area contributed by atoms with Crippen LogP contribution in [0.3, 0.4) is 0 Å². The molecule has 0 aliphatic rings. The van der Waals surface area contributed by atoms with E-state index in [-0.39, 0.29) is 29.7 Å². The zero-order valence-electron chi connectivity index (χ0n) is 14.9. The average molecular weight is 379 g/mol. The summed E-state index contributed by atoms with van der Waals surface area (Å²) in [5.74, 6) is -0.761. The van der Waals surface area contributed by atoms with E-state index in [1.54, 1.807) is 24.3 Å². The minimum absolute atomic E-state index is 0.208. The molecule has 1 unspecified atom stereocenters.